The van der Waals surface area contributed by atoms with Gasteiger partial charge < -0.3 is 14.7 Å². The monoisotopic (exact) mass is 496 g/mol. The first-order chi connectivity index (χ1) is 16.7. The van der Waals surface area contributed by atoms with Crippen LogP contribution in [0, 0.1) is 0 Å². The van der Waals surface area contributed by atoms with Crippen LogP contribution in [0.3, 0.4) is 0 Å². The topological polar surface area (TPSA) is 77.4 Å². The Bertz CT molecular complexity index is 1050. The van der Waals surface area contributed by atoms with Crippen LogP contribution in [0.2, 0.25) is 0 Å². The Morgan fingerprint density at radius 3 is 2.31 bits per heavy atom. The number of carbonyl (C=O) groups excluding carboxylic acids is 1. The first kappa shape index (κ1) is 29.3. The van der Waals surface area contributed by atoms with E-state index >= 15 is 0 Å². The number of hydrogen-bond acceptors (Lipinski definition) is 6. The molecule has 0 aliphatic rings. The average molecular weight is 497 g/mol. The van der Waals surface area contributed by atoms with Gasteiger partial charge in [0.15, 0.2) is 0 Å². The summed E-state index contributed by atoms with van der Waals surface area (Å²) in [5.74, 6) is 0.847. The Labute approximate surface area is 217 Å². The van der Waals surface area contributed by atoms with Gasteiger partial charge in [0.05, 0.1) is 19.9 Å². The summed E-state index contributed by atoms with van der Waals surface area (Å²) in [6.07, 6.45) is 1.53. The predicted molar refractivity (Wildman–Crippen MR) is 148 cm³/mol. The molecule has 0 saturated heterocycles. The van der Waals surface area contributed by atoms with Gasteiger partial charge in [-0.3, -0.25) is 9.69 Å². The molecular weight excluding hydrogens is 452 g/mol. The standard InChI is InChI=1S/C29H44N4O3/c1-28(2,3)23-16-22(27(35)25(17-23)29(4,5)6)18-30-31-26(34)20-33(8)14-13-32(7)19-21-11-10-12-24(15-21)36-9/h10-12,15-18,35H,13-14,19-20H2,1-9H3,(H,31,34). The largest absolute Gasteiger partial charge is 0.507 e. The number of carbonyl (C=O) groups is 1. The Morgan fingerprint density at radius 2 is 1.69 bits per heavy atom. The molecule has 0 spiro atoms. The van der Waals surface area contributed by atoms with Gasteiger partial charge in [0, 0.05) is 30.8 Å². The highest BCUT2D eigenvalue weighted by Crippen LogP contribution is 2.37. The molecule has 0 atom stereocenters. The molecule has 7 nitrogen and oxygen atoms in total. The molecule has 2 aromatic carbocycles. The number of ether oxygens (including phenoxy) is 1. The van der Waals surface area contributed by atoms with Crippen molar-refractivity contribution in [3.05, 3.63) is 58.7 Å². The number of phenolic OH excluding ortho intramolecular Hbond substituents is 1. The van der Waals surface area contributed by atoms with Crippen molar-refractivity contribution in [2.45, 2.75) is 58.9 Å². The van der Waals surface area contributed by atoms with Crippen LogP contribution in [0.5, 0.6) is 11.5 Å². The maximum atomic E-state index is 12.4. The van der Waals surface area contributed by atoms with E-state index in [1.165, 1.54) is 11.8 Å². The Morgan fingerprint density at radius 1 is 1.03 bits per heavy atom. The average Bonchev–Trinajstić information content (AvgIpc) is 2.77. The van der Waals surface area contributed by atoms with Gasteiger partial charge >= 0.3 is 0 Å². The highest BCUT2D eigenvalue weighted by atomic mass is 16.5. The number of rotatable bonds is 10. The third kappa shape index (κ3) is 8.95. The second kappa shape index (κ2) is 12.4. The van der Waals surface area contributed by atoms with E-state index in [1.807, 2.05) is 36.2 Å². The molecule has 36 heavy (non-hydrogen) atoms. The lowest BCUT2D eigenvalue weighted by atomic mass is 9.79. The van der Waals surface area contributed by atoms with Crippen LogP contribution < -0.4 is 10.2 Å². The molecule has 2 aromatic rings. The molecule has 0 unspecified atom stereocenters. The first-order valence-electron chi connectivity index (χ1n) is 12.4. The van der Waals surface area contributed by atoms with Crippen LogP contribution >= 0.6 is 0 Å². The number of likely N-dealkylation sites (N-methyl/N-ethyl adjacent to an activating group) is 2. The number of amides is 1. The van der Waals surface area contributed by atoms with Crippen molar-refractivity contribution >= 4 is 12.1 Å². The van der Waals surface area contributed by atoms with Crippen molar-refractivity contribution in [1.29, 1.82) is 0 Å². The van der Waals surface area contributed by atoms with Gasteiger partial charge in [0.1, 0.15) is 11.5 Å². The van der Waals surface area contributed by atoms with Gasteiger partial charge in [-0.25, -0.2) is 5.43 Å². The molecule has 198 valence electrons. The molecule has 0 radical (unpaired) electrons. The van der Waals surface area contributed by atoms with Gasteiger partial charge in [-0.1, -0.05) is 59.7 Å². The van der Waals surface area contributed by atoms with E-state index in [2.05, 4.69) is 76.1 Å². The summed E-state index contributed by atoms with van der Waals surface area (Å²) < 4.78 is 5.29. The number of phenols is 1. The summed E-state index contributed by atoms with van der Waals surface area (Å²) in [5, 5.41) is 15.0. The number of hydrogen-bond donors (Lipinski definition) is 2. The zero-order valence-electron chi connectivity index (χ0n) is 23.5. The molecule has 0 fully saturated rings. The lowest BCUT2D eigenvalue weighted by molar-refractivity contribution is -0.121. The third-order valence-electron chi connectivity index (χ3n) is 6.07. The van der Waals surface area contributed by atoms with Gasteiger partial charge in [-0.05, 0) is 54.3 Å². The summed E-state index contributed by atoms with van der Waals surface area (Å²) in [4.78, 5) is 16.6. The number of nitrogens with one attached hydrogen (secondary N) is 1. The highest BCUT2D eigenvalue weighted by molar-refractivity contribution is 5.86. The normalized spacial score (nSPS) is 12.5. The molecule has 2 rings (SSSR count). The van der Waals surface area contributed by atoms with E-state index in [0.29, 0.717) is 5.56 Å². The third-order valence-corrected chi connectivity index (χ3v) is 6.07. The molecule has 7 heteroatoms. The minimum atomic E-state index is -0.223. The summed E-state index contributed by atoms with van der Waals surface area (Å²) in [6, 6.07) is 12.0. The molecule has 0 aromatic heterocycles. The summed E-state index contributed by atoms with van der Waals surface area (Å²) in [5.41, 5.74) is 6.04. The van der Waals surface area contributed by atoms with E-state index in [1.54, 1.807) is 7.11 Å². The van der Waals surface area contributed by atoms with E-state index in [9.17, 15) is 9.90 Å². The number of benzene rings is 2. The molecule has 0 aliphatic heterocycles. The van der Waals surface area contributed by atoms with Gasteiger partial charge in [0.25, 0.3) is 5.91 Å². The predicted octanol–water partition coefficient (Wildman–Crippen LogP) is 4.51. The van der Waals surface area contributed by atoms with Crippen molar-refractivity contribution in [3.8, 4) is 11.5 Å². The molecule has 0 heterocycles. The van der Waals surface area contributed by atoms with Crippen LogP contribution in [0.15, 0.2) is 41.5 Å². The molecule has 0 aliphatic carbocycles. The fourth-order valence-electron chi connectivity index (χ4n) is 3.80. The number of methoxy groups -OCH3 is 1. The van der Waals surface area contributed by atoms with Crippen molar-refractivity contribution in [3.63, 3.8) is 0 Å². The number of nitrogens with zero attached hydrogens (tertiary/aromatic N) is 3. The number of hydrazone groups is 1. The second-order valence-electron chi connectivity index (χ2n) is 11.6. The van der Waals surface area contributed by atoms with Crippen molar-refractivity contribution < 1.29 is 14.6 Å². The van der Waals surface area contributed by atoms with Crippen LogP contribution in [0.4, 0.5) is 0 Å². The SMILES string of the molecule is COc1cccc(CN(C)CCN(C)CC(=O)NN=Cc2cc(C(C)(C)C)cc(C(C)(C)C)c2O)c1. The Balaban J connectivity index is 1.92. The summed E-state index contributed by atoms with van der Waals surface area (Å²) >= 11 is 0. The quantitative estimate of drug-likeness (QED) is 0.374. The maximum absolute atomic E-state index is 12.4. The lowest BCUT2D eigenvalue weighted by Crippen LogP contribution is -2.37. The second-order valence-corrected chi connectivity index (χ2v) is 11.6. The van der Waals surface area contributed by atoms with E-state index in [0.717, 1.165) is 36.5 Å². The zero-order valence-corrected chi connectivity index (χ0v) is 23.5. The molecule has 1 amide bonds. The van der Waals surface area contributed by atoms with Crippen molar-refractivity contribution in [2.75, 3.05) is 40.8 Å². The Hall–Kier alpha value is -2.90. The van der Waals surface area contributed by atoms with Crippen LogP contribution in [0.1, 0.15) is 63.8 Å². The van der Waals surface area contributed by atoms with Crippen LogP contribution in [-0.4, -0.2) is 67.9 Å². The minimum Gasteiger partial charge on any atom is -0.507 e. The van der Waals surface area contributed by atoms with Gasteiger partial charge in [0.2, 0.25) is 0 Å². The summed E-state index contributed by atoms with van der Waals surface area (Å²) in [7, 11) is 5.64. The van der Waals surface area contributed by atoms with Crippen LogP contribution in [-0.2, 0) is 22.2 Å². The van der Waals surface area contributed by atoms with Crippen molar-refractivity contribution in [2.24, 2.45) is 5.10 Å². The molecule has 2 N–H and O–H groups in total. The minimum absolute atomic E-state index is 0.0814. The lowest BCUT2D eigenvalue weighted by Gasteiger charge is -2.26. The van der Waals surface area contributed by atoms with E-state index in [4.69, 9.17) is 4.74 Å². The smallest absolute Gasteiger partial charge is 0.254 e. The Kier molecular flexibility index (Phi) is 10.1. The van der Waals surface area contributed by atoms with E-state index < -0.39 is 0 Å². The van der Waals surface area contributed by atoms with Crippen LogP contribution in [0.25, 0.3) is 0 Å². The summed E-state index contributed by atoms with van der Waals surface area (Å²) in [6.45, 7) is 15.2. The van der Waals surface area contributed by atoms with Crippen molar-refractivity contribution in [1.82, 2.24) is 15.2 Å². The van der Waals surface area contributed by atoms with E-state index in [-0.39, 0.29) is 29.0 Å². The number of aromatic hydroxyl groups is 1. The molecular formula is C29H44N4O3. The molecule has 0 saturated carbocycles. The fraction of sp³-hybridized carbons (Fsp3) is 0.517. The fourth-order valence-corrected chi connectivity index (χ4v) is 3.80. The molecule has 0 bridgehead atoms. The highest BCUT2D eigenvalue weighted by Gasteiger charge is 2.24. The zero-order chi connectivity index (χ0) is 27.1. The first-order valence-corrected chi connectivity index (χ1v) is 12.4. The van der Waals surface area contributed by atoms with Gasteiger partial charge in [-0.15, -0.1) is 0 Å². The maximum Gasteiger partial charge on any atom is 0.254 e. The van der Waals surface area contributed by atoms with Gasteiger partial charge in [-0.2, -0.15) is 5.10 Å².